The van der Waals surface area contributed by atoms with E-state index in [1.807, 2.05) is 35.7 Å². The second-order valence-electron chi connectivity index (χ2n) is 4.53. The summed E-state index contributed by atoms with van der Waals surface area (Å²) in [6.07, 6.45) is 0. The molecule has 0 radical (unpaired) electrons. The van der Waals surface area contributed by atoms with Crippen LogP contribution in [-0.4, -0.2) is 11.6 Å². The fourth-order valence-electron chi connectivity index (χ4n) is 2.63. The first kappa shape index (κ1) is 10.6. The first-order valence-corrected chi connectivity index (χ1v) is 6.84. The van der Waals surface area contributed by atoms with Crippen LogP contribution < -0.4 is 0 Å². The number of thiophene rings is 1. The van der Waals surface area contributed by atoms with Crippen molar-refractivity contribution in [1.29, 1.82) is 0 Å². The molecule has 0 aliphatic heterocycles. The van der Waals surface area contributed by atoms with Crippen LogP contribution in [0.25, 0.3) is 21.2 Å². The van der Waals surface area contributed by atoms with Crippen molar-refractivity contribution in [3.8, 4) is 10.4 Å². The highest BCUT2D eigenvalue weighted by atomic mass is 32.1. The van der Waals surface area contributed by atoms with Gasteiger partial charge in [-0.05, 0) is 28.3 Å². The minimum absolute atomic E-state index is 0.390. The molecule has 0 amide bonds. The van der Waals surface area contributed by atoms with Crippen molar-refractivity contribution in [3.63, 3.8) is 0 Å². The number of hydrogen-bond donors (Lipinski definition) is 0. The lowest BCUT2D eigenvalue weighted by Gasteiger charge is -2.16. The summed E-state index contributed by atoms with van der Waals surface area (Å²) < 4.78 is 0. The number of benzene rings is 2. The van der Waals surface area contributed by atoms with Crippen LogP contribution >= 0.6 is 11.3 Å². The zero-order chi connectivity index (χ0) is 13.0. The zero-order valence-electron chi connectivity index (χ0n) is 9.84. The Hall–Kier alpha value is -2.26. The number of ketones is 2. The van der Waals surface area contributed by atoms with Crippen LogP contribution in [0, 0.1) is 0 Å². The standard InChI is InChI=1S/C16H8O2S/c17-14-11-6-5-9-3-1-2-4-10(9)13(11)16-12(15(14)18)7-8-19-16/h1-8H. The highest BCUT2D eigenvalue weighted by Crippen LogP contribution is 2.41. The maximum Gasteiger partial charge on any atom is 0.235 e. The molecule has 0 unspecified atom stereocenters. The Bertz CT molecular complexity index is 858. The van der Waals surface area contributed by atoms with E-state index >= 15 is 0 Å². The van der Waals surface area contributed by atoms with Gasteiger partial charge in [-0.1, -0.05) is 30.3 Å². The molecule has 0 saturated carbocycles. The Morgan fingerprint density at radius 2 is 1.58 bits per heavy atom. The molecule has 4 rings (SSSR count). The van der Waals surface area contributed by atoms with Gasteiger partial charge in [0.1, 0.15) is 0 Å². The van der Waals surface area contributed by atoms with Crippen LogP contribution in [0.2, 0.25) is 0 Å². The molecule has 0 saturated heterocycles. The predicted octanol–water partition coefficient (Wildman–Crippen LogP) is 3.95. The van der Waals surface area contributed by atoms with Gasteiger partial charge in [0.05, 0.1) is 0 Å². The van der Waals surface area contributed by atoms with E-state index in [1.54, 1.807) is 12.1 Å². The number of rotatable bonds is 0. The van der Waals surface area contributed by atoms with Crippen LogP contribution in [0.1, 0.15) is 20.7 Å². The van der Waals surface area contributed by atoms with Gasteiger partial charge < -0.3 is 0 Å². The van der Waals surface area contributed by atoms with E-state index in [2.05, 4.69) is 0 Å². The third kappa shape index (κ3) is 1.30. The molecule has 2 aromatic carbocycles. The van der Waals surface area contributed by atoms with Gasteiger partial charge >= 0.3 is 0 Å². The van der Waals surface area contributed by atoms with E-state index in [-0.39, 0.29) is 5.78 Å². The molecule has 0 N–H and O–H groups in total. The lowest BCUT2D eigenvalue weighted by Crippen LogP contribution is -2.19. The Kier molecular flexibility index (Phi) is 2.03. The molecular formula is C16H8O2S. The molecule has 0 bridgehead atoms. The van der Waals surface area contributed by atoms with Gasteiger partial charge in [0, 0.05) is 21.6 Å². The molecule has 1 heterocycles. The van der Waals surface area contributed by atoms with Crippen molar-refractivity contribution < 1.29 is 9.59 Å². The highest BCUT2D eigenvalue weighted by molar-refractivity contribution is 7.14. The molecule has 0 atom stereocenters. The largest absolute Gasteiger partial charge is 0.285 e. The van der Waals surface area contributed by atoms with Gasteiger partial charge in [-0.15, -0.1) is 11.3 Å². The summed E-state index contributed by atoms with van der Waals surface area (Å²) in [7, 11) is 0. The number of Topliss-reactive ketones (excluding diaryl/α,β-unsaturated/α-hetero) is 2. The fourth-order valence-corrected chi connectivity index (χ4v) is 3.60. The van der Waals surface area contributed by atoms with Crippen molar-refractivity contribution >= 4 is 33.7 Å². The van der Waals surface area contributed by atoms with E-state index in [0.29, 0.717) is 11.1 Å². The van der Waals surface area contributed by atoms with Gasteiger partial charge in [-0.3, -0.25) is 9.59 Å². The van der Waals surface area contributed by atoms with Gasteiger partial charge in [0.25, 0.3) is 0 Å². The normalized spacial score (nSPS) is 13.5. The lowest BCUT2D eigenvalue weighted by molar-refractivity contribution is 0.0816. The maximum absolute atomic E-state index is 12.2. The Morgan fingerprint density at radius 3 is 2.47 bits per heavy atom. The van der Waals surface area contributed by atoms with Crippen LogP contribution in [-0.2, 0) is 0 Å². The van der Waals surface area contributed by atoms with E-state index in [1.165, 1.54) is 11.3 Å². The average molecular weight is 264 g/mol. The van der Waals surface area contributed by atoms with E-state index in [4.69, 9.17) is 0 Å². The Labute approximate surface area is 113 Å². The summed E-state index contributed by atoms with van der Waals surface area (Å²) in [4.78, 5) is 25.1. The lowest BCUT2D eigenvalue weighted by atomic mass is 9.86. The molecule has 1 aliphatic rings. The third-order valence-electron chi connectivity index (χ3n) is 3.52. The summed E-state index contributed by atoms with van der Waals surface area (Å²) in [5.74, 6) is -0.786. The molecule has 1 aromatic heterocycles. The number of hydrogen-bond acceptors (Lipinski definition) is 3. The summed E-state index contributed by atoms with van der Waals surface area (Å²) in [5.41, 5.74) is 1.98. The second kappa shape index (κ2) is 3.62. The van der Waals surface area contributed by atoms with Crippen LogP contribution in [0.15, 0.2) is 47.8 Å². The van der Waals surface area contributed by atoms with Crippen LogP contribution in [0.5, 0.6) is 0 Å². The minimum atomic E-state index is -0.397. The van der Waals surface area contributed by atoms with Crippen molar-refractivity contribution in [2.75, 3.05) is 0 Å². The summed E-state index contributed by atoms with van der Waals surface area (Å²) >= 11 is 1.52. The molecule has 0 spiro atoms. The zero-order valence-corrected chi connectivity index (χ0v) is 10.7. The summed E-state index contributed by atoms with van der Waals surface area (Å²) in [6.45, 7) is 0. The summed E-state index contributed by atoms with van der Waals surface area (Å²) in [5, 5.41) is 3.99. The average Bonchev–Trinajstić information content (AvgIpc) is 2.93. The highest BCUT2D eigenvalue weighted by Gasteiger charge is 2.32. The van der Waals surface area contributed by atoms with Crippen LogP contribution in [0.4, 0.5) is 0 Å². The topological polar surface area (TPSA) is 34.1 Å². The SMILES string of the molecule is O=C1C(=O)c2ccc3ccccc3c2-c2sccc21. The smallest absolute Gasteiger partial charge is 0.235 e. The second-order valence-corrected chi connectivity index (χ2v) is 5.45. The van der Waals surface area contributed by atoms with Crippen molar-refractivity contribution in [1.82, 2.24) is 0 Å². The van der Waals surface area contributed by atoms with Crippen molar-refractivity contribution in [2.24, 2.45) is 0 Å². The third-order valence-corrected chi connectivity index (χ3v) is 4.45. The van der Waals surface area contributed by atoms with Gasteiger partial charge in [0.15, 0.2) is 0 Å². The maximum atomic E-state index is 12.2. The molecule has 19 heavy (non-hydrogen) atoms. The molecule has 0 fully saturated rings. The van der Waals surface area contributed by atoms with Gasteiger partial charge in [-0.25, -0.2) is 0 Å². The first-order valence-electron chi connectivity index (χ1n) is 5.96. The molecule has 3 aromatic rings. The number of carbonyl (C=O) groups is 2. The van der Waals surface area contributed by atoms with E-state index in [0.717, 1.165) is 21.2 Å². The van der Waals surface area contributed by atoms with Crippen molar-refractivity contribution in [2.45, 2.75) is 0 Å². The Balaban J connectivity index is 2.23. The quantitative estimate of drug-likeness (QED) is 0.576. The molecule has 2 nitrogen and oxygen atoms in total. The first-order chi connectivity index (χ1) is 9.27. The molecule has 1 aliphatic carbocycles. The minimum Gasteiger partial charge on any atom is -0.285 e. The molecule has 90 valence electrons. The van der Waals surface area contributed by atoms with E-state index < -0.39 is 5.78 Å². The summed E-state index contributed by atoms with van der Waals surface area (Å²) in [6, 6.07) is 13.4. The predicted molar refractivity (Wildman–Crippen MR) is 75.9 cm³/mol. The van der Waals surface area contributed by atoms with E-state index in [9.17, 15) is 9.59 Å². The fraction of sp³-hybridized carbons (Fsp3) is 0. The van der Waals surface area contributed by atoms with Gasteiger partial charge in [0.2, 0.25) is 11.6 Å². The number of fused-ring (bicyclic) bond motifs is 5. The van der Waals surface area contributed by atoms with Crippen LogP contribution in [0.3, 0.4) is 0 Å². The van der Waals surface area contributed by atoms with Gasteiger partial charge in [-0.2, -0.15) is 0 Å². The molecule has 3 heteroatoms. The number of carbonyl (C=O) groups excluding carboxylic acids is 2. The Morgan fingerprint density at radius 1 is 0.789 bits per heavy atom. The monoisotopic (exact) mass is 264 g/mol. The molecular weight excluding hydrogens is 256 g/mol. The van der Waals surface area contributed by atoms with Crippen molar-refractivity contribution in [3.05, 3.63) is 59.0 Å².